The van der Waals surface area contributed by atoms with Gasteiger partial charge < -0.3 is 4.74 Å². The molecule has 2 aliphatic rings. The van der Waals surface area contributed by atoms with Crippen molar-refractivity contribution in [3.05, 3.63) is 23.8 Å². The molecule has 130 valence electrons. The highest BCUT2D eigenvalue weighted by atomic mass is 16.5. The van der Waals surface area contributed by atoms with Crippen molar-refractivity contribution in [1.82, 2.24) is 0 Å². The Hall–Kier alpha value is -1.05. The number of hydrogen-bond acceptors (Lipinski definition) is 2. The minimum atomic E-state index is -0.243. The second-order valence-corrected chi connectivity index (χ2v) is 8.70. The maximum absolute atomic E-state index is 11.4. The molecule has 0 spiro atoms. The van der Waals surface area contributed by atoms with Gasteiger partial charge in [0.15, 0.2) is 0 Å². The van der Waals surface area contributed by atoms with Crippen LogP contribution < -0.4 is 0 Å². The summed E-state index contributed by atoms with van der Waals surface area (Å²) >= 11 is 0. The first kappa shape index (κ1) is 18.3. The summed E-state index contributed by atoms with van der Waals surface area (Å²) in [5.41, 5.74) is 3.38. The van der Waals surface area contributed by atoms with Crippen LogP contribution in [0.5, 0.6) is 0 Å². The fourth-order valence-electron chi connectivity index (χ4n) is 5.51. The molecule has 0 N–H and O–H groups in total. The van der Waals surface area contributed by atoms with Gasteiger partial charge in [0.05, 0.1) is 7.11 Å². The van der Waals surface area contributed by atoms with Gasteiger partial charge in [-0.1, -0.05) is 44.9 Å². The molecule has 0 aromatic rings. The minimum Gasteiger partial charge on any atom is -0.466 e. The van der Waals surface area contributed by atoms with Gasteiger partial charge in [-0.2, -0.15) is 0 Å². The average molecular weight is 319 g/mol. The molecule has 0 aliphatic heterocycles. The van der Waals surface area contributed by atoms with Gasteiger partial charge in [-0.05, 0) is 68.1 Å². The van der Waals surface area contributed by atoms with Crippen molar-refractivity contribution in [2.75, 3.05) is 7.11 Å². The van der Waals surface area contributed by atoms with Crippen molar-refractivity contribution < 1.29 is 9.53 Å². The molecule has 2 rings (SSSR count). The predicted octanol–water partition coefficient (Wildman–Crippen LogP) is 5.68. The predicted molar refractivity (Wildman–Crippen MR) is 96.1 cm³/mol. The van der Waals surface area contributed by atoms with E-state index in [9.17, 15) is 4.79 Å². The Kier molecular flexibility index (Phi) is 5.43. The molecule has 0 amide bonds. The summed E-state index contributed by atoms with van der Waals surface area (Å²) in [6.45, 7) is 13.9. The van der Waals surface area contributed by atoms with Crippen LogP contribution in [-0.2, 0) is 9.53 Å². The number of carbonyl (C=O) groups is 1. The summed E-state index contributed by atoms with van der Waals surface area (Å²) in [5.74, 6) is 1.14. The Morgan fingerprint density at radius 1 is 1.35 bits per heavy atom. The summed E-state index contributed by atoms with van der Waals surface area (Å²) in [4.78, 5) is 11.4. The summed E-state index contributed by atoms with van der Waals surface area (Å²) in [5, 5.41) is 0. The number of carbonyl (C=O) groups excluding carboxylic acids is 1. The highest BCUT2D eigenvalue weighted by Crippen LogP contribution is 2.61. The molecular formula is C21H34O2. The molecule has 0 heterocycles. The van der Waals surface area contributed by atoms with Gasteiger partial charge in [-0.25, -0.2) is 4.79 Å². The van der Waals surface area contributed by atoms with Crippen molar-refractivity contribution in [1.29, 1.82) is 0 Å². The molecule has 0 aromatic heterocycles. The van der Waals surface area contributed by atoms with E-state index in [0.29, 0.717) is 16.7 Å². The van der Waals surface area contributed by atoms with Gasteiger partial charge in [0, 0.05) is 6.08 Å². The minimum absolute atomic E-state index is 0.243. The number of fused-ring (bicyclic) bond motifs is 1. The number of rotatable bonds is 4. The lowest BCUT2D eigenvalue weighted by Gasteiger charge is -2.58. The van der Waals surface area contributed by atoms with Gasteiger partial charge in [0.25, 0.3) is 0 Å². The van der Waals surface area contributed by atoms with Crippen molar-refractivity contribution in [3.8, 4) is 0 Å². The van der Waals surface area contributed by atoms with Crippen molar-refractivity contribution in [2.24, 2.45) is 22.7 Å². The Morgan fingerprint density at radius 2 is 2.04 bits per heavy atom. The molecule has 3 atom stereocenters. The molecular weight excluding hydrogens is 284 g/mol. The smallest absolute Gasteiger partial charge is 0.330 e. The van der Waals surface area contributed by atoms with Gasteiger partial charge in [0.1, 0.15) is 0 Å². The maximum atomic E-state index is 11.4. The third kappa shape index (κ3) is 3.72. The number of methoxy groups -OCH3 is 1. The van der Waals surface area contributed by atoms with E-state index in [1.165, 1.54) is 44.8 Å². The van der Waals surface area contributed by atoms with Crippen molar-refractivity contribution in [2.45, 2.75) is 72.6 Å². The molecule has 2 nitrogen and oxygen atoms in total. The number of ether oxygens (including phenoxy) is 1. The van der Waals surface area contributed by atoms with Gasteiger partial charge in [-0.15, -0.1) is 0 Å². The normalized spacial score (nSPS) is 34.0. The van der Waals surface area contributed by atoms with Crippen molar-refractivity contribution >= 4 is 5.97 Å². The zero-order valence-electron chi connectivity index (χ0n) is 15.7. The van der Waals surface area contributed by atoms with E-state index < -0.39 is 0 Å². The van der Waals surface area contributed by atoms with Gasteiger partial charge >= 0.3 is 5.97 Å². The fourth-order valence-corrected chi connectivity index (χ4v) is 5.51. The first-order valence-electron chi connectivity index (χ1n) is 9.13. The van der Waals surface area contributed by atoms with Crippen LogP contribution in [0, 0.1) is 22.7 Å². The lowest BCUT2D eigenvalue weighted by molar-refractivity contribution is -0.134. The third-order valence-corrected chi connectivity index (χ3v) is 6.71. The van der Waals surface area contributed by atoms with Crippen LogP contribution in [0.1, 0.15) is 72.6 Å². The molecule has 0 saturated heterocycles. The lowest BCUT2D eigenvalue weighted by Crippen LogP contribution is -2.49. The third-order valence-electron chi connectivity index (χ3n) is 6.71. The number of hydrogen-bond donors (Lipinski definition) is 0. The highest BCUT2D eigenvalue weighted by molar-refractivity contribution is 5.82. The Bertz CT molecular complexity index is 500. The number of allylic oxidation sites excluding steroid dienone is 2. The quantitative estimate of drug-likeness (QED) is 0.378. The molecule has 23 heavy (non-hydrogen) atoms. The van der Waals surface area contributed by atoms with Crippen LogP contribution in [0.25, 0.3) is 0 Å². The van der Waals surface area contributed by atoms with Crippen LogP contribution in [-0.4, -0.2) is 13.1 Å². The zero-order valence-corrected chi connectivity index (χ0v) is 15.7. The first-order chi connectivity index (χ1) is 10.7. The zero-order chi connectivity index (χ0) is 17.3. The van der Waals surface area contributed by atoms with Crippen molar-refractivity contribution in [3.63, 3.8) is 0 Å². The Balaban J connectivity index is 2.14. The maximum Gasteiger partial charge on any atom is 0.330 e. The number of esters is 1. The monoisotopic (exact) mass is 318 g/mol. The van der Waals surface area contributed by atoms with Gasteiger partial charge in [0.2, 0.25) is 0 Å². The summed E-state index contributed by atoms with van der Waals surface area (Å²) in [7, 11) is 1.44. The van der Waals surface area contributed by atoms with Crippen LogP contribution >= 0.6 is 0 Å². The van der Waals surface area contributed by atoms with E-state index in [4.69, 9.17) is 4.74 Å². The van der Waals surface area contributed by atoms with E-state index in [0.717, 1.165) is 24.3 Å². The van der Waals surface area contributed by atoms with Crippen LogP contribution in [0.2, 0.25) is 0 Å². The van der Waals surface area contributed by atoms with E-state index in [1.807, 2.05) is 6.92 Å². The molecule has 0 bridgehead atoms. The fraction of sp³-hybridized carbons (Fsp3) is 0.762. The van der Waals surface area contributed by atoms with Gasteiger partial charge in [-0.3, -0.25) is 0 Å². The summed E-state index contributed by atoms with van der Waals surface area (Å²) < 4.78 is 4.73. The topological polar surface area (TPSA) is 26.3 Å². The van der Waals surface area contributed by atoms with E-state index in [-0.39, 0.29) is 5.97 Å². The second-order valence-electron chi connectivity index (χ2n) is 8.70. The van der Waals surface area contributed by atoms with Crippen LogP contribution in [0.4, 0.5) is 0 Å². The van der Waals surface area contributed by atoms with E-state index in [1.54, 1.807) is 6.08 Å². The average Bonchev–Trinajstić information content (AvgIpc) is 2.45. The van der Waals surface area contributed by atoms with E-state index >= 15 is 0 Å². The van der Waals surface area contributed by atoms with E-state index in [2.05, 4.69) is 27.4 Å². The standard InChI is InChI=1S/C21H34O2/c1-15(14-19(22)23-6)8-10-17-16(2)9-11-18-20(3,4)12-7-13-21(17,18)5/h14,17-18H,2,7-13H2,1,3-6H3/b15-14+/t17-,18?,21+/m1/s1. The SMILES string of the molecule is C=C1CCC2C(C)(C)CCC[C@@]2(C)[C@@H]1CC/C(C)=C/C(=O)OC. The molecule has 2 aliphatic carbocycles. The highest BCUT2D eigenvalue weighted by Gasteiger charge is 2.52. The van der Waals surface area contributed by atoms with Crippen LogP contribution in [0.3, 0.4) is 0 Å². The molecule has 2 fully saturated rings. The molecule has 2 saturated carbocycles. The Morgan fingerprint density at radius 3 is 2.70 bits per heavy atom. The molecule has 1 unspecified atom stereocenters. The van der Waals surface area contributed by atoms with Crippen LogP contribution in [0.15, 0.2) is 23.8 Å². The molecule has 0 aromatic carbocycles. The largest absolute Gasteiger partial charge is 0.466 e. The second kappa shape index (κ2) is 6.83. The summed E-state index contributed by atoms with van der Waals surface area (Å²) in [6.07, 6.45) is 10.2. The summed E-state index contributed by atoms with van der Waals surface area (Å²) in [6, 6.07) is 0. The molecule has 0 radical (unpaired) electrons. The first-order valence-corrected chi connectivity index (χ1v) is 9.13. The lowest BCUT2D eigenvalue weighted by atomic mass is 9.47. The Labute approximate surface area is 142 Å². The molecule has 2 heteroatoms.